The van der Waals surface area contributed by atoms with Crippen molar-refractivity contribution < 1.29 is 23.1 Å². The monoisotopic (exact) mass is 418 g/mol. The lowest BCUT2D eigenvalue weighted by Crippen LogP contribution is -2.32. The number of benzene rings is 1. The van der Waals surface area contributed by atoms with Crippen molar-refractivity contribution in [3.05, 3.63) is 41.7 Å². The van der Waals surface area contributed by atoms with E-state index >= 15 is 0 Å². The van der Waals surface area contributed by atoms with E-state index in [1.807, 2.05) is 26.0 Å². The molecule has 4 rings (SSSR count). The number of carboxylic acid groups (broad SMARTS) is 1. The fourth-order valence-corrected chi connectivity index (χ4v) is 5.33. The first-order valence-corrected chi connectivity index (χ1v) is 10.7. The Bertz CT molecular complexity index is 1210. The number of hydrogen-bond donors (Lipinski definition) is 1. The number of aromatic carboxylic acids is 1. The zero-order chi connectivity index (χ0) is 21.0. The van der Waals surface area contributed by atoms with E-state index in [1.165, 1.54) is 13.1 Å². The predicted octanol–water partition coefficient (Wildman–Crippen LogP) is 2.38. The second kappa shape index (κ2) is 6.67. The molecule has 1 fully saturated rings. The van der Waals surface area contributed by atoms with Crippen molar-refractivity contribution in [1.29, 1.82) is 0 Å². The third-order valence-corrected chi connectivity index (χ3v) is 6.84. The van der Waals surface area contributed by atoms with Gasteiger partial charge in [0.1, 0.15) is 5.69 Å². The number of aryl methyl sites for hydroxylation is 1. The van der Waals surface area contributed by atoms with E-state index in [-0.39, 0.29) is 22.2 Å². The summed E-state index contributed by atoms with van der Waals surface area (Å²) >= 11 is 0. The van der Waals surface area contributed by atoms with Crippen molar-refractivity contribution in [2.75, 3.05) is 6.61 Å². The summed E-state index contributed by atoms with van der Waals surface area (Å²) in [5, 5.41) is 17.5. The van der Waals surface area contributed by atoms with Gasteiger partial charge >= 0.3 is 5.97 Å². The number of fused-ring (bicyclic) bond motifs is 1. The molecule has 0 amide bonds. The molecule has 2 aromatic heterocycles. The van der Waals surface area contributed by atoms with Crippen LogP contribution in [0.4, 0.5) is 0 Å². The van der Waals surface area contributed by atoms with Gasteiger partial charge in [0.2, 0.25) is 5.03 Å². The van der Waals surface area contributed by atoms with Crippen molar-refractivity contribution in [1.82, 2.24) is 19.0 Å². The summed E-state index contributed by atoms with van der Waals surface area (Å²) in [5.74, 6) is -1.07. The van der Waals surface area contributed by atoms with Gasteiger partial charge in [-0.25, -0.2) is 8.77 Å². The molecular weight excluding hydrogens is 396 g/mol. The molecule has 1 atom stereocenters. The van der Waals surface area contributed by atoms with Gasteiger partial charge in [-0.2, -0.15) is 18.3 Å². The van der Waals surface area contributed by atoms with Crippen LogP contribution in [0.1, 0.15) is 48.7 Å². The molecule has 29 heavy (non-hydrogen) atoms. The lowest BCUT2D eigenvalue weighted by molar-refractivity contribution is -0.0592. The lowest BCUT2D eigenvalue weighted by Gasteiger charge is -2.35. The zero-order valence-corrected chi connectivity index (χ0v) is 17.2. The quantitative estimate of drug-likeness (QED) is 0.691. The molecule has 154 valence electrons. The molecule has 0 radical (unpaired) electrons. The average molecular weight is 418 g/mol. The Hall–Kier alpha value is -2.72. The van der Waals surface area contributed by atoms with E-state index in [4.69, 9.17) is 4.74 Å². The van der Waals surface area contributed by atoms with Crippen molar-refractivity contribution >= 4 is 26.9 Å². The maximum Gasteiger partial charge on any atom is 0.353 e. The summed E-state index contributed by atoms with van der Waals surface area (Å²) in [7, 11) is -2.72. The van der Waals surface area contributed by atoms with Gasteiger partial charge in [-0.3, -0.25) is 0 Å². The van der Waals surface area contributed by atoms with Gasteiger partial charge in [0.25, 0.3) is 10.0 Å². The number of hydrogen-bond acceptors (Lipinski definition) is 6. The third kappa shape index (κ3) is 3.42. The van der Waals surface area contributed by atoms with Gasteiger partial charge in [0.15, 0.2) is 0 Å². The second-order valence-electron chi connectivity index (χ2n) is 7.89. The molecule has 1 saturated heterocycles. The van der Waals surface area contributed by atoms with Gasteiger partial charge in [-0.1, -0.05) is 6.07 Å². The van der Waals surface area contributed by atoms with Crippen molar-refractivity contribution in [2.45, 2.75) is 43.2 Å². The molecule has 0 saturated carbocycles. The first-order valence-electron chi connectivity index (χ1n) is 9.23. The predicted molar refractivity (Wildman–Crippen MR) is 104 cm³/mol. The molecule has 1 aromatic carbocycles. The highest BCUT2D eigenvalue weighted by Gasteiger charge is 2.31. The molecule has 1 aliphatic heterocycles. The number of nitrogens with zero attached hydrogens (tertiary/aromatic N) is 4. The van der Waals surface area contributed by atoms with E-state index in [1.54, 1.807) is 6.07 Å². The van der Waals surface area contributed by atoms with Crippen molar-refractivity contribution in [3.8, 4) is 0 Å². The number of carbonyl (C=O) groups is 1. The van der Waals surface area contributed by atoms with E-state index in [2.05, 4.69) is 10.2 Å². The Morgan fingerprint density at radius 1 is 1.31 bits per heavy atom. The van der Waals surface area contributed by atoms with Crippen LogP contribution in [0.3, 0.4) is 0 Å². The smallest absolute Gasteiger partial charge is 0.353 e. The van der Waals surface area contributed by atoms with E-state index in [9.17, 15) is 18.3 Å². The van der Waals surface area contributed by atoms with Crippen LogP contribution >= 0.6 is 0 Å². The fourth-order valence-electron chi connectivity index (χ4n) is 3.93. The Labute approximate surface area is 167 Å². The van der Waals surface area contributed by atoms with Crippen LogP contribution in [-0.4, -0.2) is 50.7 Å². The molecule has 0 spiro atoms. The molecule has 1 aliphatic rings. The minimum Gasteiger partial charge on any atom is -0.477 e. The maximum atomic E-state index is 13.1. The Balaban J connectivity index is 1.85. The van der Waals surface area contributed by atoms with Crippen LogP contribution in [0.25, 0.3) is 10.9 Å². The fraction of sp³-hybridized carbons (Fsp3) is 0.421. The number of rotatable bonds is 4. The third-order valence-electron chi connectivity index (χ3n) is 5.25. The first kappa shape index (κ1) is 19.6. The molecule has 0 aliphatic carbocycles. The highest BCUT2D eigenvalue weighted by atomic mass is 32.2. The number of ether oxygens (including phenoxy) is 1. The standard InChI is InChI=1S/C19H22N4O5S/c1-19(2)10-13(6-7-28-19)12-4-5-15-14(8-12)9-16(18(24)25)23(15)29(26,27)17-11-20-22(3)21-17/h4-5,8-9,11,13H,6-7,10H2,1-3H3,(H,24,25). The summed E-state index contributed by atoms with van der Waals surface area (Å²) in [6, 6.07) is 6.78. The minimum atomic E-state index is -4.21. The van der Waals surface area contributed by atoms with Gasteiger partial charge < -0.3 is 9.84 Å². The van der Waals surface area contributed by atoms with E-state index < -0.39 is 16.0 Å². The second-order valence-corrected chi connectivity index (χ2v) is 9.63. The summed E-state index contributed by atoms with van der Waals surface area (Å²) in [5.41, 5.74) is 0.767. The van der Waals surface area contributed by atoms with Crippen molar-refractivity contribution in [2.24, 2.45) is 7.05 Å². The van der Waals surface area contributed by atoms with Gasteiger partial charge in [-0.05, 0) is 56.4 Å². The Kier molecular flexibility index (Phi) is 4.50. The normalized spacial score (nSPS) is 19.5. The van der Waals surface area contributed by atoms with Crippen LogP contribution in [0.15, 0.2) is 35.5 Å². The summed E-state index contributed by atoms with van der Waals surface area (Å²) < 4.78 is 32.8. The molecule has 3 heterocycles. The summed E-state index contributed by atoms with van der Waals surface area (Å²) in [6.45, 7) is 4.74. The molecule has 0 bridgehead atoms. The summed E-state index contributed by atoms with van der Waals surface area (Å²) in [6.07, 6.45) is 2.80. The number of aromatic nitrogens is 4. The Morgan fingerprint density at radius 3 is 2.69 bits per heavy atom. The Morgan fingerprint density at radius 2 is 2.07 bits per heavy atom. The molecule has 10 heteroatoms. The zero-order valence-electron chi connectivity index (χ0n) is 16.4. The molecule has 1 N–H and O–H groups in total. The highest BCUT2D eigenvalue weighted by Crippen LogP contribution is 2.37. The van der Waals surface area contributed by atoms with Crippen LogP contribution in [0.2, 0.25) is 0 Å². The van der Waals surface area contributed by atoms with Crippen LogP contribution in [0.5, 0.6) is 0 Å². The number of carboxylic acids is 1. The van der Waals surface area contributed by atoms with Gasteiger partial charge in [-0.15, -0.1) is 5.10 Å². The van der Waals surface area contributed by atoms with Gasteiger partial charge in [0, 0.05) is 19.0 Å². The molecule has 9 nitrogen and oxygen atoms in total. The lowest BCUT2D eigenvalue weighted by atomic mass is 9.83. The van der Waals surface area contributed by atoms with Crippen molar-refractivity contribution in [3.63, 3.8) is 0 Å². The molecule has 1 unspecified atom stereocenters. The summed E-state index contributed by atoms with van der Waals surface area (Å²) in [4.78, 5) is 12.9. The molecular formula is C19H22N4O5S. The maximum absolute atomic E-state index is 13.1. The first-order chi connectivity index (χ1) is 13.6. The van der Waals surface area contributed by atoms with Gasteiger partial charge in [0.05, 0.1) is 17.3 Å². The van der Waals surface area contributed by atoms with Crippen LogP contribution < -0.4 is 0 Å². The topological polar surface area (TPSA) is 116 Å². The van der Waals surface area contributed by atoms with E-state index in [0.29, 0.717) is 17.5 Å². The molecule has 3 aromatic rings. The van der Waals surface area contributed by atoms with Crippen LogP contribution in [-0.2, 0) is 21.8 Å². The van der Waals surface area contributed by atoms with E-state index in [0.717, 1.165) is 33.4 Å². The SMILES string of the molecule is Cn1ncc(S(=O)(=O)n2c(C(=O)O)cc3cc(C4CCOC(C)(C)C4)ccc32)n1. The largest absolute Gasteiger partial charge is 0.477 e. The minimum absolute atomic E-state index is 0.231. The average Bonchev–Trinajstić information content (AvgIpc) is 3.24. The highest BCUT2D eigenvalue weighted by molar-refractivity contribution is 7.90. The van der Waals surface area contributed by atoms with Crippen LogP contribution in [0, 0.1) is 0 Å².